The second-order valence-electron chi connectivity index (χ2n) is 15.5. The molecule has 0 spiro atoms. The van der Waals surface area contributed by atoms with Crippen molar-refractivity contribution >= 4 is 29.5 Å². The predicted octanol–water partition coefficient (Wildman–Crippen LogP) is 6.12. The molecular formula is C41H50N8O5. The van der Waals surface area contributed by atoms with E-state index in [0.29, 0.717) is 36.5 Å². The van der Waals surface area contributed by atoms with Crippen molar-refractivity contribution in [3.8, 4) is 22.5 Å². The molecule has 0 radical (unpaired) electrons. The average molecular weight is 735 g/mol. The van der Waals surface area contributed by atoms with Gasteiger partial charge in [0.1, 0.15) is 11.6 Å². The van der Waals surface area contributed by atoms with Crippen molar-refractivity contribution in [2.75, 3.05) is 11.9 Å². The maximum Gasteiger partial charge on any atom is 0.407 e. The molecule has 0 aliphatic heterocycles. The number of tetrazole rings is 1. The van der Waals surface area contributed by atoms with Gasteiger partial charge >= 0.3 is 6.09 Å². The fourth-order valence-electron chi connectivity index (χ4n) is 6.90. The lowest BCUT2D eigenvalue weighted by Crippen LogP contribution is -2.48. The zero-order valence-electron chi connectivity index (χ0n) is 31.4. The van der Waals surface area contributed by atoms with Crippen molar-refractivity contribution < 1.29 is 23.9 Å². The minimum Gasteiger partial charge on any atom is -0.444 e. The molecule has 0 bridgehead atoms. The van der Waals surface area contributed by atoms with Crippen molar-refractivity contribution in [1.29, 1.82) is 0 Å². The highest BCUT2D eigenvalue weighted by Gasteiger charge is 2.30. The third-order valence-corrected chi connectivity index (χ3v) is 10.2. The molecule has 2 aliphatic rings. The van der Waals surface area contributed by atoms with Crippen LogP contribution < -0.4 is 21.3 Å². The molecule has 284 valence electrons. The zero-order chi connectivity index (χ0) is 38.2. The number of benzene rings is 3. The number of nitrogens with one attached hydrogen (secondary N) is 5. The van der Waals surface area contributed by atoms with E-state index in [1.165, 1.54) is 0 Å². The highest BCUT2D eigenvalue weighted by Crippen LogP contribution is 2.30. The number of nitrogens with zero attached hydrogens (tertiary/aromatic N) is 3. The summed E-state index contributed by atoms with van der Waals surface area (Å²) in [6.45, 7) is 7.98. The number of amides is 4. The van der Waals surface area contributed by atoms with E-state index in [0.717, 1.165) is 59.9 Å². The summed E-state index contributed by atoms with van der Waals surface area (Å²) in [5, 5.41) is 25.9. The molecule has 2 aliphatic carbocycles. The summed E-state index contributed by atoms with van der Waals surface area (Å²) >= 11 is 0. The van der Waals surface area contributed by atoms with E-state index >= 15 is 0 Å². The van der Waals surface area contributed by atoms with Gasteiger partial charge in [0.05, 0.1) is 0 Å². The maximum absolute atomic E-state index is 13.8. The Morgan fingerprint density at radius 2 is 1.59 bits per heavy atom. The Bertz CT molecular complexity index is 1910. The number of aromatic amines is 1. The number of H-pyrrole nitrogens is 1. The number of aryl methyl sites for hydroxylation is 1. The summed E-state index contributed by atoms with van der Waals surface area (Å²) in [4.78, 5) is 52.3. The Morgan fingerprint density at radius 1 is 0.889 bits per heavy atom. The molecule has 4 aromatic rings. The number of ether oxygens (including phenoxy) is 1. The Kier molecular flexibility index (Phi) is 12.0. The van der Waals surface area contributed by atoms with Crippen molar-refractivity contribution in [3.63, 3.8) is 0 Å². The fourth-order valence-corrected chi connectivity index (χ4v) is 6.90. The standard InChI is InChI=1S/C41H50N8O5/c1-25-22-31(38(51)43-32-6-5-7-32)18-21-34(25)28-12-8-26(9-13-28)23-35(39(52)44-33-19-16-29(17-20-33)36-46-48-49-47-36)45-37(50)30-14-10-27(11-15-30)24-42-40(53)54-41(2,3)4/h8-9,12-13,16-22,27,30,32,35H,5-7,10-11,14-15,23-24H2,1-4H3,(H,42,53)(H,43,51)(H,44,52)(H,45,50)(H,46,47,48,49)/t27-,30-,35?. The first kappa shape index (κ1) is 38.1. The SMILES string of the molecule is Cc1cc(C(=O)NC2CCC2)ccc1-c1ccc(CC(NC(=O)[C@H]2CC[C@H](CNC(=O)OC(C)(C)C)CC2)C(=O)Nc2ccc(-c3nnn[nH]3)cc2)cc1. The van der Waals surface area contributed by atoms with Gasteiger partial charge in [-0.05, 0) is 148 Å². The third kappa shape index (κ3) is 10.3. The topological polar surface area (TPSA) is 180 Å². The zero-order valence-corrected chi connectivity index (χ0v) is 31.4. The number of alkyl carbamates (subject to hydrolysis) is 1. The Morgan fingerprint density at radius 3 is 2.20 bits per heavy atom. The molecule has 5 N–H and O–H groups in total. The Hall–Kier alpha value is -5.59. The van der Waals surface area contributed by atoms with Crippen LogP contribution >= 0.6 is 0 Å². The van der Waals surface area contributed by atoms with Gasteiger partial charge < -0.3 is 26.0 Å². The highest BCUT2D eigenvalue weighted by atomic mass is 16.6. The summed E-state index contributed by atoms with van der Waals surface area (Å²) in [5.41, 5.74) is 5.32. The lowest BCUT2D eigenvalue weighted by molar-refractivity contribution is -0.130. The van der Waals surface area contributed by atoms with Gasteiger partial charge in [-0.15, -0.1) is 5.10 Å². The van der Waals surface area contributed by atoms with Crippen LogP contribution in [0.4, 0.5) is 10.5 Å². The molecule has 1 aromatic heterocycles. The summed E-state index contributed by atoms with van der Waals surface area (Å²) < 4.78 is 5.36. The first-order valence-electron chi connectivity index (χ1n) is 18.8. The molecule has 13 heteroatoms. The smallest absolute Gasteiger partial charge is 0.407 e. The summed E-state index contributed by atoms with van der Waals surface area (Å²) in [7, 11) is 0. The van der Waals surface area contributed by atoms with Gasteiger partial charge in [0.25, 0.3) is 5.91 Å². The maximum atomic E-state index is 13.8. The van der Waals surface area contributed by atoms with Crippen LogP contribution in [-0.4, -0.2) is 68.7 Å². The number of hydrogen-bond donors (Lipinski definition) is 5. The molecule has 1 atom stereocenters. The minimum absolute atomic E-state index is 0.0395. The van der Waals surface area contributed by atoms with Gasteiger partial charge in [0, 0.05) is 41.7 Å². The molecular weight excluding hydrogens is 685 g/mol. The van der Waals surface area contributed by atoms with Crippen LogP contribution in [0.15, 0.2) is 66.7 Å². The van der Waals surface area contributed by atoms with Gasteiger partial charge in [-0.3, -0.25) is 14.4 Å². The number of rotatable bonds is 12. The van der Waals surface area contributed by atoms with Crippen LogP contribution in [0, 0.1) is 18.8 Å². The first-order valence-corrected chi connectivity index (χ1v) is 18.8. The lowest BCUT2D eigenvalue weighted by Gasteiger charge is -2.29. The lowest BCUT2D eigenvalue weighted by atomic mass is 9.81. The number of hydrogen-bond acceptors (Lipinski definition) is 8. The number of carbonyl (C=O) groups excluding carboxylic acids is 4. The van der Waals surface area contributed by atoms with E-state index < -0.39 is 17.7 Å². The van der Waals surface area contributed by atoms with Crippen LogP contribution in [0.1, 0.15) is 87.2 Å². The highest BCUT2D eigenvalue weighted by molar-refractivity contribution is 5.98. The molecule has 1 unspecified atom stereocenters. The molecule has 54 heavy (non-hydrogen) atoms. The number of aromatic nitrogens is 4. The quantitative estimate of drug-likeness (QED) is 0.115. The first-order chi connectivity index (χ1) is 25.9. The van der Waals surface area contributed by atoms with E-state index in [-0.39, 0.29) is 42.0 Å². The summed E-state index contributed by atoms with van der Waals surface area (Å²) in [5.74, 6) is -0.00473. The molecule has 4 amide bonds. The van der Waals surface area contributed by atoms with Crippen molar-refractivity contribution in [3.05, 3.63) is 83.4 Å². The van der Waals surface area contributed by atoms with E-state index in [1.54, 1.807) is 24.3 Å². The van der Waals surface area contributed by atoms with E-state index in [9.17, 15) is 19.2 Å². The fraction of sp³-hybridized carbons (Fsp3) is 0.439. The van der Waals surface area contributed by atoms with Crippen LogP contribution in [-0.2, 0) is 20.7 Å². The predicted molar refractivity (Wildman–Crippen MR) is 205 cm³/mol. The van der Waals surface area contributed by atoms with E-state index in [1.807, 2.05) is 70.2 Å². The second kappa shape index (κ2) is 17.0. The molecule has 0 saturated heterocycles. The van der Waals surface area contributed by atoms with Crippen LogP contribution in [0.25, 0.3) is 22.5 Å². The average Bonchev–Trinajstić information content (AvgIpc) is 3.67. The Balaban J connectivity index is 1.10. The second-order valence-corrected chi connectivity index (χ2v) is 15.5. The molecule has 3 aromatic carbocycles. The number of carbonyl (C=O) groups is 4. The summed E-state index contributed by atoms with van der Waals surface area (Å²) in [6.07, 6.45) is 5.97. The monoisotopic (exact) mass is 734 g/mol. The van der Waals surface area contributed by atoms with Crippen molar-refractivity contribution in [2.24, 2.45) is 11.8 Å². The minimum atomic E-state index is -0.830. The largest absolute Gasteiger partial charge is 0.444 e. The van der Waals surface area contributed by atoms with Crippen LogP contribution in [0.2, 0.25) is 0 Å². The van der Waals surface area contributed by atoms with Gasteiger partial charge in [-0.1, -0.05) is 30.3 Å². The molecule has 2 fully saturated rings. The van der Waals surface area contributed by atoms with Gasteiger partial charge in [0.2, 0.25) is 11.8 Å². The molecule has 13 nitrogen and oxygen atoms in total. The summed E-state index contributed by atoms with van der Waals surface area (Å²) in [6, 6.07) is 20.3. The number of anilines is 1. The van der Waals surface area contributed by atoms with Crippen LogP contribution in [0.3, 0.4) is 0 Å². The van der Waals surface area contributed by atoms with E-state index in [4.69, 9.17) is 4.74 Å². The van der Waals surface area contributed by atoms with Gasteiger partial charge in [0.15, 0.2) is 5.82 Å². The normalized spacial score (nSPS) is 17.8. The molecule has 6 rings (SSSR count). The van der Waals surface area contributed by atoms with E-state index in [2.05, 4.69) is 41.9 Å². The van der Waals surface area contributed by atoms with Crippen LogP contribution in [0.5, 0.6) is 0 Å². The van der Waals surface area contributed by atoms with Gasteiger partial charge in [-0.25, -0.2) is 9.89 Å². The van der Waals surface area contributed by atoms with Crippen molar-refractivity contribution in [1.82, 2.24) is 36.6 Å². The molecule has 1 heterocycles. The van der Waals surface area contributed by atoms with Crippen molar-refractivity contribution in [2.45, 2.75) is 96.7 Å². The molecule has 2 saturated carbocycles. The third-order valence-electron chi connectivity index (χ3n) is 10.2. The van der Waals surface area contributed by atoms with Gasteiger partial charge in [-0.2, -0.15) is 0 Å². The Labute approximate surface area is 315 Å².